The topological polar surface area (TPSA) is 27.1 Å². The zero-order valence-corrected chi connectivity index (χ0v) is 14.2. The number of ether oxygens (including phenoxy) is 1. The highest BCUT2D eigenvalue weighted by Gasteiger charge is 2.32. The summed E-state index contributed by atoms with van der Waals surface area (Å²) in [6.07, 6.45) is 6.97. The second-order valence-electron chi connectivity index (χ2n) is 5.96. The van der Waals surface area contributed by atoms with Gasteiger partial charge in [0.05, 0.1) is 17.8 Å². The van der Waals surface area contributed by atoms with Crippen molar-refractivity contribution in [2.24, 2.45) is 5.92 Å². The zero-order valence-electron chi connectivity index (χ0n) is 13.5. The summed E-state index contributed by atoms with van der Waals surface area (Å²) in [5.74, 6) is 2.75. The molecule has 1 saturated carbocycles. The number of imidazole rings is 1. The van der Waals surface area contributed by atoms with Crippen LogP contribution in [0, 0.1) is 5.92 Å². The molecule has 1 unspecified atom stereocenters. The van der Waals surface area contributed by atoms with Gasteiger partial charge in [0.2, 0.25) is 0 Å². The minimum atomic E-state index is 0.577. The number of methoxy groups -OCH3 is 1. The van der Waals surface area contributed by atoms with Crippen molar-refractivity contribution in [1.29, 1.82) is 0 Å². The fourth-order valence-corrected chi connectivity index (χ4v) is 3.45. The third-order valence-corrected chi connectivity index (χ3v) is 4.83. The molecule has 4 heteroatoms. The normalized spacial score (nSPS) is 15.8. The Balaban J connectivity index is 1.99. The molecule has 1 heterocycles. The lowest BCUT2D eigenvalue weighted by Crippen LogP contribution is -2.12. The van der Waals surface area contributed by atoms with E-state index in [0.717, 1.165) is 41.6 Å². The van der Waals surface area contributed by atoms with Crippen molar-refractivity contribution in [2.45, 2.75) is 45.6 Å². The standard InChI is InChI=1S/C18H23ClN2O/c1-4-17(12-6-7-12)21-11-16(20-18(21)5-2)14-9-8-13(22-3)10-15(14)19/h8-12,17H,4-7H2,1-3H3. The molecule has 0 N–H and O–H groups in total. The summed E-state index contributed by atoms with van der Waals surface area (Å²) in [5, 5.41) is 0.686. The summed E-state index contributed by atoms with van der Waals surface area (Å²) in [6.45, 7) is 4.43. The van der Waals surface area contributed by atoms with Gasteiger partial charge in [-0.15, -0.1) is 0 Å². The van der Waals surface area contributed by atoms with Crippen LogP contribution in [0.3, 0.4) is 0 Å². The second kappa shape index (κ2) is 6.33. The lowest BCUT2D eigenvalue weighted by molar-refractivity contribution is 0.415. The van der Waals surface area contributed by atoms with E-state index in [1.807, 2.05) is 18.2 Å². The molecule has 3 rings (SSSR count). The van der Waals surface area contributed by atoms with Gasteiger partial charge in [0.25, 0.3) is 0 Å². The number of halogens is 1. The first kappa shape index (κ1) is 15.4. The first-order valence-electron chi connectivity index (χ1n) is 8.09. The van der Waals surface area contributed by atoms with E-state index in [4.69, 9.17) is 21.3 Å². The molecule has 0 spiro atoms. The van der Waals surface area contributed by atoms with Gasteiger partial charge in [0, 0.05) is 24.2 Å². The summed E-state index contributed by atoms with van der Waals surface area (Å²) >= 11 is 6.41. The number of nitrogens with zero attached hydrogens (tertiary/aromatic N) is 2. The SMILES string of the molecule is CCc1nc(-c2ccc(OC)cc2Cl)cn1C(CC)C1CC1. The Bertz CT molecular complexity index is 661. The van der Waals surface area contributed by atoms with Gasteiger partial charge in [-0.05, 0) is 43.4 Å². The molecule has 118 valence electrons. The number of aryl methyl sites for hydroxylation is 1. The van der Waals surface area contributed by atoms with E-state index in [0.29, 0.717) is 11.1 Å². The molecule has 3 nitrogen and oxygen atoms in total. The quantitative estimate of drug-likeness (QED) is 0.737. The molecule has 1 aromatic carbocycles. The Hall–Kier alpha value is -1.48. The van der Waals surface area contributed by atoms with Crippen molar-refractivity contribution < 1.29 is 4.74 Å². The maximum absolute atomic E-state index is 6.41. The van der Waals surface area contributed by atoms with E-state index in [1.54, 1.807) is 7.11 Å². The highest BCUT2D eigenvalue weighted by Crippen LogP contribution is 2.43. The van der Waals surface area contributed by atoms with Crippen LogP contribution in [0.2, 0.25) is 5.02 Å². The fraction of sp³-hybridized carbons (Fsp3) is 0.500. The Morgan fingerprint density at radius 3 is 2.68 bits per heavy atom. The van der Waals surface area contributed by atoms with E-state index in [1.165, 1.54) is 12.8 Å². The predicted molar refractivity (Wildman–Crippen MR) is 90.7 cm³/mol. The van der Waals surface area contributed by atoms with E-state index in [-0.39, 0.29) is 0 Å². The lowest BCUT2D eigenvalue weighted by atomic mass is 10.1. The van der Waals surface area contributed by atoms with Crippen molar-refractivity contribution >= 4 is 11.6 Å². The highest BCUT2D eigenvalue weighted by atomic mass is 35.5. The zero-order chi connectivity index (χ0) is 15.7. The van der Waals surface area contributed by atoms with E-state index < -0.39 is 0 Å². The number of hydrogen-bond acceptors (Lipinski definition) is 2. The molecule has 1 aromatic heterocycles. The fourth-order valence-electron chi connectivity index (χ4n) is 3.18. The van der Waals surface area contributed by atoms with Gasteiger partial charge < -0.3 is 9.30 Å². The highest BCUT2D eigenvalue weighted by molar-refractivity contribution is 6.33. The Kier molecular flexibility index (Phi) is 4.44. The van der Waals surface area contributed by atoms with E-state index in [2.05, 4.69) is 24.6 Å². The van der Waals surface area contributed by atoms with Crippen LogP contribution in [0.15, 0.2) is 24.4 Å². The Morgan fingerprint density at radius 1 is 1.36 bits per heavy atom. The summed E-state index contributed by atoms with van der Waals surface area (Å²) in [4.78, 5) is 4.83. The van der Waals surface area contributed by atoms with Crippen LogP contribution in [-0.4, -0.2) is 16.7 Å². The molecule has 0 saturated heterocycles. The summed E-state index contributed by atoms with van der Waals surface area (Å²) < 4.78 is 7.60. The second-order valence-corrected chi connectivity index (χ2v) is 6.37. The molecular weight excluding hydrogens is 296 g/mol. The van der Waals surface area contributed by atoms with E-state index in [9.17, 15) is 0 Å². The van der Waals surface area contributed by atoms with Gasteiger partial charge in [-0.3, -0.25) is 0 Å². The summed E-state index contributed by atoms with van der Waals surface area (Å²) in [7, 11) is 1.65. The molecule has 1 aliphatic carbocycles. The first-order chi connectivity index (χ1) is 10.7. The molecule has 22 heavy (non-hydrogen) atoms. The largest absolute Gasteiger partial charge is 0.497 e. The van der Waals surface area contributed by atoms with Crippen LogP contribution in [0.1, 0.15) is 45.0 Å². The van der Waals surface area contributed by atoms with Crippen molar-refractivity contribution in [3.8, 4) is 17.0 Å². The third kappa shape index (κ3) is 2.87. The van der Waals surface area contributed by atoms with Gasteiger partial charge in [-0.1, -0.05) is 25.4 Å². The van der Waals surface area contributed by atoms with Crippen molar-refractivity contribution in [3.63, 3.8) is 0 Å². The van der Waals surface area contributed by atoms with Crippen LogP contribution in [-0.2, 0) is 6.42 Å². The monoisotopic (exact) mass is 318 g/mol. The molecule has 2 aromatic rings. The average molecular weight is 319 g/mol. The number of hydrogen-bond donors (Lipinski definition) is 0. The van der Waals surface area contributed by atoms with Crippen LogP contribution in [0.4, 0.5) is 0 Å². The predicted octanol–water partition coefficient (Wildman–Crippen LogP) is 5.14. The molecule has 0 radical (unpaired) electrons. The minimum absolute atomic E-state index is 0.577. The summed E-state index contributed by atoms with van der Waals surface area (Å²) in [6, 6.07) is 6.35. The minimum Gasteiger partial charge on any atom is -0.497 e. The molecule has 0 bridgehead atoms. The molecule has 0 amide bonds. The lowest BCUT2D eigenvalue weighted by Gasteiger charge is -2.18. The first-order valence-corrected chi connectivity index (χ1v) is 8.47. The van der Waals surface area contributed by atoms with Crippen LogP contribution < -0.4 is 4.74 Å². The van der Waals surface area contributed by atoms with Crippen LogP contribution in [0.25, 0.3) is 11.3 Å². The maximum Gasteiger partial charge on any atom is 0.120 e. The molecule has 0 aliphatic heterocycles. The third-order valence-electron chi connectivity index (χ3n) is 4.52. The number of aromatic nitrogens is 2. The van der Waals surface area contributed by atoms with Gasteiger partial charge >= 0.3 is 0 Å². The van der Waals surface area contributed by atoms with Gasteiger partial charge in [-0.2, -0.15) is 0 Å². The van der Waals surface area contributed by atoms with Gasteiger partial charge in [-0.25, -0.2) is 4.98 Å². The van der Waals surface area contributed by atoms with Crippen molar-refractivity contribution in [1.82, 2.24) is 9.55 Å². The van der Waals surface area contributed by atoms with E-state index >= 15 is 0 Å². The van der Waals surface area contributed by atoms with Crippen LogP contribution >= 0.6 is 11.6 Å². The van der Waals surface area contributed by atoms with Gasteiger partial charge in [0.1, 0.15) is 11.6 Å². The molecule has 1 fully saturated rings. The van der Waals surface area contributed by atoms with Gasteiger partial charge in [0.15, 0.2) is 0 Å². The number of benzene rings is 1. The van der Waals surface area contributed by atoms with Crippen molar-refractivity contribution in [3.05, 3.63) is 35.2 Å². The molecular formula is C18H23ClN2O. The number of rotatable bonds is 6. The smallest absolute Gasteiger partial charge is 0.120 e. The maximum atomic E-state index is 6.41. The Morgan fingerprint density at radius 2 is 2.14 bits per heavy atom. The average Bonchev–Trinajstić information content (AvgIpc) is 3.27. The summed E-state index contributed by atoms with van der Waals surface area (Å²) in [5.41, 5.74) is 1.94. The molecule has 1 atom stereocenters. The van der Waals surface area contributed by atoms with Crippen LogP contribution in [0.5, 0.6) is 5.75 Å². The Labute approximate surface area is 137 Å². The van der Waals surface area contributed by atoms with Crippen molar-refractivity contribution in [2.75, 3.05) is 7.11 Å². The molecule has 1 aliphatic rings.